The lowest BCUT2D eigenvalue weighted by atomic mass is 9.96. The molecule has 1 aliphatic heterocycles. The molecule has 0 bridgehead atoms. The SMILES string of the molecule is CCC1=CC(=O)CN(C)[C@@H]1CC. The van der Waals surface area contributed by atoms with E-state index in [0.717, 1.165) is 12.8 Å². The van der Waals surface area contributed by atoms with Gasteiger partial charge >= 0.3 is 0 Å². The van der Waals surface area contributed by atoms with Gasteiger partial charge in [-0.05, 0) is 31.5 Å². The molecule has 0 aromatic carbocycles. The maximum atomic E-state index is 11.2. The van der Waals surface area contributed by atoms with Crippen molar-refractivity contribution in [3.63, 3.8) is 0 Å². The first-order chi connectivity index (χ1) is 5.69. The second-order valence-corrected chi connectivity index (χ2v) is 3.38. The molecule has 0 N–H and O–H groups in total. The van der Waals surface area contributed by atoms with Crippen LogP contribution in [0.1, 0.15) is 26.7 Å². The van der Waals surface area contributed by atoms with E-state index in [1.54, 1.807) is 0 Å². The van der Waals surface area contributed by atoms with Crippen LogP contribution in [0.2, 0.25) is 0 Å². The van der Waals surface area contributed by atoms with Gasteiger partial charge < -0.3 is 0 Å². The van der Waals surface area contributed by atoms with Crippen molar-refractivity contribution in [1.82, 2.24) is 4.90 Å². The summed E-state index contributed by atoms with van der Waals surface area (Å²) < 4.78 is 0. The molecule has 0 radical (unpaired) electrons. The number of rotatable bonds is 2. The molecule has 1 aliphatic rings. The third kappa shape index (κ3) is 1.75. The number of nitrogens with zero attached hydrogens (tertiary/aromatic N) is 1. The summed E-state index contributed by atoms with van der Waals surface area (Å²) in [5.41, 5.74) is 1.29. The molecule has 2 nitrogen and oxygen atoms in total. The van der Waals surface area contributed by atoms with Crippen LogP contribution < -0.4 is 0 Å². The zero-order valence-electron chi connectivity index (χ0n) is 8.13. The van der Waals surface area contributed by atoms with Gasteiger partial charge in [-0.15, -0.1) is 0 Å². The van der Waals surface area contributed by atoms with Gasteiger partial charge in [-0.3, -0.25) is 9.69 Å². The van der Waals surface area contributed by atoms with Crippen molar-refractivity contribution in [3.8, 4) is 0 Å². The van der Waals surface area contributed by atoms with Crippen LogP contribution in [-0.2, 0) is 4.79 Å². The van der Waals surface area contributed by atoms with Crippen LogP contribution in [0.5, 0.6) is 0 Å². The molecule has 0 saturated carbocycles. The maximum Gasteiger partial charge on any atom is 0.169 e. The zero-order valence-corrected chi connectivity index (χ0v) is 8.13. The normalized spacial score (nSPS) is 25.8. The lowest BCUT2D eigenvalue weighted by Gasteiger charge is -2.31. The fourth-order valence-electron chi connectivity index (χ4n) is 1.90. The number of hydrogen-bond donors (Lipinski definition) is 0. The van der Waals surface area contributed by atoms with Crippen LogP contribution in [0.4, 0.5) is 0 Å². The average molecular weight is 167 g/mol. The maximum absolute atomic E-state index is 11.2. The number of likely N-dealkylation sites (N-methyl/N-ethyl adjacent to an activating group) is 1. The second-order valence-electron chi connectivity index (χ2n) is 3.38. The highest BCUT2D eigenvalue weighted by Gasteiger charge is 2.22. The molecule has 0 aliphatic carbocycles. The minimum absolute atomic E-state index is 0.249. The van der Waals surface area contributed by atoms with Crippen LogP contribution in [0.25, 0.3) is 0 Å². The smallest absolute Gasteiger partial charge is 0.169 e. The van der Waals surface area contributed by atoms with Gasteiger partial charge in [0.25, 0.3) is 0 Å². The molecule has 0 spiro atoms. The minimum atomic E-state index is 0.249. The van der Waals surface area contributed by atoms with Gasteiger partial charge in [0.1, 0.15) is 0 Å². The molecule has 68 valence electrons. The zero-order chi connectivity index (χ0) is 9.14. The topological polar surface area (TPSA) is 20.3 Å². The van der Waals surface area contributed by atoms with Crippen LogP contribution in [-0.4, -0.2) is 30.3 Å². The summed E-state index contributed by atoms with van der Waals surface area (Å²) in [4.78, 5) is 13.3. The van der Waals surface area contributed by atoms with E-state index >= 15 is 0 Å². The van der Waals surface area contributed by atoms with E-state index in [1.807, 2.05) is 13.1 Å². The minimum Gasteiger partial charge on any atom is -0.293 e. The van der Waals surface area contributed by atoms with E-state index < -0.39 is 0 Å². The Labute approximate surface area is 74.2 Å². The summed E-state index contributed by atoms with van der Waals surface area (Å²) in [7, 11) is 2.02. The number of ketones is 1. The van der Waals surface area contributed by atoms with Gasteiger partial charge in [0.05, 0.1) is 6.54 Å². The summed E-state index contributed by atoms with van der Waals surface area (Å²) in [5, 5.41) is 0. The first-order valence-electron chi connectivity index (χ1n) is 4.62. The Kier molecular flexibility index (Phi) is 3.04. The first-order valence-corrected chi connectivity index (χ1v) is 4.62. The molecule has 0 aromatic rings. The van der Waals surface area contributed by atoms with Crippen LogP contribution >= 0.6 is 0 Å². The van der Waals surface area contributed by atoms with Crippen molar-refractivity contribution in [2.45, 2.75) is 32.7 Å². The third-order valence-electron chi connectivity index (χ3n) is 2.51. The van der Waals surface area contributed by atoms with Crippen LogP contribution in [0.3, 0.4) is 0 Å². The highest BCUT2D eigenvalue weighted by atomic mass is 16.1. The number of hydrogen-bond acceptors (Lipinski definition) is 2. The van der Waals surface area contributed by atoms with Crippen LogP contribution in [0, 0.1) is 0 Å². The average Bonchev–Trinajstić information content (AvgIpc) is 2.03. The highest BCUT2D eigenvalue weighted by molar-refractivity contribution is 5.93. The van der Waals surface area contributed by atoms with Crippen molar-refractivity contribution >= 4 is 5.78 Å². The highest BCUT2D eigenvalue weighted by Crippen LogP contribution is 2.19. The summed E-state index contributed by atoms with van der Waals surface area (Å²) in [6.07, 6.45) is 3.92. The molecule has 0 fully saturated rings. The van der Waals surface area contributed by atoms with Crippen molar-refractivity contribution in [2.24, 2.45) is 0 Å². The molecule has 0 aromatic heterocycles. The third-order valence-corrected chi connectivity index (χ3v) is 2.51. The fraction of sp³-hybridized carbons (Fsp3) is 0.700. The molecular formula is C10H17NO. The van der Waals surface area contributed by atoms with Crippen LogP contribution in [0.15, 0.2) is 11.6 Å². The molecule has 12 heavy (non-hydrogen) atoms. The van der Waals surface area contributed by atoms with Crippen molar-refractivity contribution in [2.75, 3.05) is 13.6 Å². The standard InChI is InChI=1S/C10H17NO/c1-4-8-6-9(12)7-11(3)10(8)5-2/h6,10H,4-5,7H2,1-3H3/t10-/m1/s1. The predicted octanol–water partition coefficient (Wildman–Crippen LogP) is 1.62. The lowest BCUT2D eigenvalue weighted by Crippen LogP contribution is -2.40. The summed E-state index contributed by atoms with van der Waals surface area (Å²) >= 11 is 0. The van der Waals surface area contributed by atoms with Gasteiger partial charge in [-0.25, -0.2) is 0 Å². The number of carbonyl (C=O) groups is 1. The van der Waals surface area contributed by atoms with E-state index in [1.165, 1.54) is 5.57 Å². The summed E-state index contributed by atoms with van der Waals surface area (Å²) in [6, 6.07) is 0.493. The van der Waals surface area contributed by atoms with Gasteiger partial charge in [0.15, 0.2) is 5.78 Å². The van der Waals surface area contributed by atoms with E-state index in [4.69, 9.17) is 0 Å². The quantitative estimate of drug-likeness (QED) is 0.623. The van der Waals surface area contributed by atoms with Crippen molar-refractivity contribution in [1.29, 1.82) is 0 Å². The van der Waals surface area contributed by atoms with Crippen molar-refractivity contribution in [3.05, 3.63) is 11.6 Å². The second kappa shape index (κ2) is 3.85. The molecule has 1 heterocycles. The fourth-order valence-corrected chi connectivity index (χ4v) is 1.90. The Morgan fingerprint density at radius 2 is 2.25 bits per heavy atom. The Morgan fingerprint density at radius 1 is 1.58 bits per heavy atom. The molecule has 1 atom stereocenters. The van der Waals surface area contributed by atoms with Gasteiger partial charge in [0.2, 0.25) is 0 Å². The molecule has 2 heteroatoms. The molecule has 0 unspecified atom stereocenters. The predicted molar refractivity (Wildman–Crippen MR) is 50.1 cm³/mol. The Morgan fingerprint density at radius 3 is 2.75 bits per heavy atom. The molecule has 0 amide bonds. The molecule has 1 rings (SSSR count). The van der Waals surface area contributed by atoms with Gasteiger partial charge in [-0.2, -0.15) is 0 Å². The Balaban J connectivity index is 2.83. The molecular weight excluding hydrogens is 150 g/mol. The van der Waals surface area contributed by atoms with E-state index in [-0.39, 0.29) is 5.78 Å². The Hall–Kier alpha value is -0.630. The summed E-state index contributed by atoms with van der Waals surface area (Å²) in [6.45, 7) is 4.86. The van der Waals surface area contributed by atoms with E-state index in [9.17, 15) is 4.79 Å². The van der Waals surface area contributed by atoms with Gasteiger partial charge in [-0.1, -0.05) is 13.8 Å². The lowest BCUT2D eigenvalue weighted by molar-refractivity contribution is -0.116. The van der Waals surface area contributed by atoms with Gasteiger partial charge in [0, 0.05) is 6.04 Å². The Bertz CT molecular complexity index is 208. The molecule has 0 saturated heterocycles. The monoisotopic (exact) mass is 167 g/mol. The number of carbonyl (C=O) groups excluding carboxylic acids is 1. The van der Waals surface area contributed by atoms with E-state index in [2.05, 4.69) is 18.7 Å². The summed E-state index contributed by atoms with van der Waals surface area (Å²) in [5.74, 6) is 0.249. The largest absolute Gasteiger partial charge is 0.293 e. The van der Waals surface area contributed by atoms with Crippen molar-refractivity contribution < 1.29 is 4.79 Å². The van der Waals surface area contributed by atoms with E-state index in [0.29, 0.717) is 12.6 Å². The first kappa shape index (κ1) is 9.46.